The maximum absolute atomic E-state index is 12.4. The number of aryl methyl sites for hydroxylation is 1. The van der Waals surface area contributed by atoms with Crippen LogP contribution in [-0.2, 0) is 10.0 Å². The van der Waals surface area contributed by atoms with Gasteiger partial charge in [0, 0.05) is 19.6 Å². The van der Waals surface area contributed by atoms with Crippen molar-refractivity contribution in [2.75, 3.05) is 25.9 Å². The van der Waals surface area contributed by atoms with Gasteiger partial charge in [-0.3, -0.25) is 4.79 Å². The van der Waals surface area contributed by atoms with Crippen molar-refractivity contribution in [3.63, 3.8) is 0 Å². The molecule has 1 aliphatic rings. The summed E-state index contributed by atoms with van der Waals surface area (Å²) in [6.45, 7) is 3.61. The second-order valence-corrected chi connectivity index (χ2v) is 8.51. The lowest BCUT2D eigenvalue weighted by Gasteiger charge is -2.31. The van der Waals surface area contributed by atoms with Crippen LogP contribution in [0.1, 0.15) is 28.1 Å². The highest BCUT2D eigenvalue weighted by molar-refractivity contribution is 7.88. The van der Waals surface area contributed by atoms with E-state index in [2.05, 4.69) is 4.72 Å². The maximum atomic E-state index is 12.4. The van der Waals surface area contributed by atoms with Gasteiger partial charge in [0.15, 0.2) is 0 Å². The van der Waals surface area contributed by atoms with Crippen LogP contribution in [0, 0.1) is 12.8 Å². The lowest BCUT2D eigenvalue weighted by Crippen LogP contribution is -2.41. The third kappa shape index (κ3) is 4.42. The van der Waals surface area contributed by atoms with E-state index in [0.29, 0.717) is 29.5 Å². The molecule has 2 heterocycles. The minimum Gasteiger partial charge on any atom is -0.338 e. The number of nitrogens with zero attached hydrogens (tertiary/aromatic N) is 1. The number of hydrogen-bond acceptors (Lipinski definition) is 4. The van der Waals surface area contributed by atoms with Crippen LogP contribution in [0.3, 0.4) is 0 Å². The highest BCUT2D eigenvalue weighted by Gasteiger charge is 2.26. The molecule has 1 aliphatic heterocycles. The van der Waals surface area contributed by atoms with Crippen LogP contribution in [0.4, 0.5) is 0 Å². The molecular weight excluding hydrogens is 332 g/mol. The van der Waals surface area contributed by atoms with Gasteiger partial charge in [0.1, 0.15) is 4.88 Å². The fraction of sp³-hybridized carbons (Fsp3) is 0.615. The monoisotopic (exact) mass is 350 g/mol. The molecule has 2 rings (SSSR count). The highest BCUT2D eigenvalue weighted by Crippen LogP contribution is 2.29. The quantitative estimate of drug-likeness (QED) is 0.904. The molecule has 1 N–H and O–H groups in total. The number of amides is 1. The number of halogens is 1. The van der Waals surface area contributed by atoms with Gasteiger partial charge in [-0.05, 0) is 36.6 Å². The minimum atomic E-state index is -3.15. The molecule has 1 aromatic heterocycles. The van der Waals surface area contributed by atoms with Crippen molar-refractivity contribution in [3.8, 4) is 0 Å². The van der Waals surface area contributed by atoms with Gasteiger partial charge in [0.25, 0.3) is 5.91 Å². The van der Waals surface area contributed by atoms with E-state index in [1.165, 1.54) is 11.3 Å². The molecule has 0 aliphatic carbocycles. The van der Waals surface area contributed by atoms with Crippen molar-refractivity contribution in [1.82, 2.24) is 9.62 Å². The topological polar surface area (TPSA) is 66.5 Å². The number of sulfonamides is 1. The average molecular weight is 351 g/mol. The van der Waals surface area contributed by atoms with Crippen molar-refractivity contribution in [2.24, 2.45) is 5.92 Å². The predicted octanol–water partition coefficient (Wildman–Crippen LogP) is 2.11. The van der Waals surface area contributed by atoms with Gasteiger partial charge in [0.05, 0.1) is 11.3 Å². The summed E-state index contributed by atoms with van der Waals surface area (Å²) in [7, 11) is -3.15. The van der Waals surface area contributed by atoms with Crippen molar-refractivity contribution in [2.45, 2.75) is 19.8 Å². The van der Waals surface area contributed by atoms with Crippen molar-refractivity contribution >= 4 is 38.9 Å². The molecule has 1 aromatic rings. The zero-order valence-electron chi connectivity index (χ0n) is 12.1. The molecule has 0 bridgehead atoms. The Balaban J connectivity index is 1.89. The fourth-order valence-electron chi connectivity index (χ4n) is 2.33. The Bertz CT molecular complexity index is 619. The Morgan fingerprint density at radius 3 is 2.57 bits per heavy atom. The molecular formula is C13H19ClN2O3S2. The molecule has 0 saturated carbocycles. The predicted molar refractivity (Wildman–Crippen MR) is 85.5 cm³/mol. The summed E-state index contributed by atoms with van der Waals surface area (Å²) >= 11 is 7.52. The standard InChI is InChI=1S/C13H19ClN2O3S2/c1-9-8-20-12(11(9)14)13(17)16-5-3-10(4-6-16)7-15-21(2,18)19/h8,10,15H,3-7H2,1-2H3. The van der Waals surface area contributed by atoms with Crippen LogP contribution >= 0.6 is 22.9 Å². The van der Waals surface area contributed by atoms with Gasteiger partial charge in [-0.15, -0.1) is 11.3 Å². The molecule has 0 atom stereocenters. The first-order valence-electron chi connectivity index (χ1n) is 6.75. The SMILES string of the molecule is Cc1csc(C(=O)N2CCC(CNS(C)(=O)=O)CC2)c1Cl. The zero-order valence-corrected chi connectivity index (χ0v) is 14.4. The molecule has 1 amide bonds. The van der Waals surface area contributed by atoms with E-state index in [4.69, 9.17) is 11.6 Å². The van der Waals surface area contributed by atoms with Crippen molar-refractivity contribution < 1.29 is 13.2 Å². The molecule has 21 heavy (non-hydrogen) atoms. The van der Waals surface area contributed by atoms with E-state index >= 15 is 0 Å². The largest absolute Gasteiger partial charge is 0.338 e. The van der Waals surface area contributed by atoms with E-state index in [0.717, 1.165) is 24.7 Å². The van der Waals surface area contributed by atoms with Crippen LogP contribution in [-0.4, -0.2) is 45.1 Å². The number of carbonyl (C=O) groups is 1. The number of piperidine rings is 1. The number of likely N-dealkylation sites (tertiary alicyclic amines) is 1. The lowest BCUT2D eigenvalue weighted by molar-refractivity contribution is 0.0697. The summed E-state index contributed by atoms with van der Waals surface area (Å²) in [5.41, 5.74) is 0.928. The van der Waals surface area contributed by atoms with E-state index in [-0.39, 0.29) is 11.8 Å². The third-order valence-electron chi connectivity index (χ3n) is 3.63. The van der Waals surface area contributed by atoms with E-state index < -0.39 is 10.0 Å². The summed E-state index contributed by atoms with van der Waals surface area (Å²) in [5, 5.41) is 2.43. The molecule has 5 nitrogen and oxygen atoms in total. The first-order valence-corrected chi connectivity index (χ1v) is 9.90. The van der Waals surface area contributed by atoms with Crippen molar-refractivity contribution in [1.29, 1.82) is 0 Å². The lowest BCUT2D eigenvalue weighted by atomic mass is 9.97. The third-order valence-corrected chi connectivity index (χ3v) is 6.01. The number of nitrogens with one attached hydrogen (secondary N) is 1. The van der Waals surface area contributed by atoms with Gasteiger partial charge in [-0.25, -0.2) is 13.1 Å². The Morgan fingerprint density at radius 1 is 1.48 bits per heavy atom. The number of rotatable bonds is 4. The maximum Gasteiger partial charge on any atom is 0.265 e. The summed E-state index contributed by atoms with van der Waals surface area (Å²) in [4.78, 5) is 14.8. The minimum absolute atomic E-state index is 0.0207. The first kappa shape index (κ1) is 16.7. The van der Waals surface area contributed by atoms with Crippen LogP contribution < -0.4 is 4.72 Å². The van der Waals surface area contributed by atoms with E-state index in [1.807, 2.05) is 12.3 Å². The van der Waals surface area contributed by atoms with Crippen LogP contribution in [0.25, 0.3) is 0 Å². The first-order chi connectivity index (χ1) is 9.78. The molecule has 0 spiro atoms. The van der Waals surface area contributed by atoms with Gasteiger partial charge in [-0.2, -0.15) is 0 Å². The van der Waals surface area contributed by atoms with Crippen LogP contribution in [0.5, 0.6) is 0 Å². The molecule has 8 heteroatoms. The molecule has 118 valence electrons. The Kier molecular flexibility index (Phi) is 5.29. The number of hydrogen-bond donors (Lipinski definition) is 1. The molecule has 0 radical (unpaired) electrons. The van der Waals surface area contributed by atoms with Gasteiger partial charge in [0.2, 0.25) is 10.0 Å². The van der Waals surface area contributed by atoms with Gasteiger partial charge < -0.3 is 4.90 Å². The average Bonchev–Trinajstić information content (AvgIpc) is 2.76. The zero-order chi connectivity index (χ0) is 15.6. The Morgan fingerprint density at radius 2 is 2.10 bits per heavy atom. The van der Waals surface area contributed by atoms with E-state index in [9.17, 15) is 13.2 Å². The molecule has 1 fully saturated rings. The summed E-state index contributed by atoms with van der Waals surface area (Å²) in [6.07, 6.45) is 2.76. The second-order valence-electron chi connectivity index (χ2n) is 5.42. The number of carbonyl (C=O) groups excluding carboxylic acids is 1. The molecule has 1 saturated heterocycles. The van der Waals surface area contributed by atoms with Gasteiger partial charge >= 0.3 is 0 Å². The molecule has 0 unspecified atom stereocenters. The van der Waals surface area contributed by atoms with Gasteiger partial charge in [-0.1, -0.05) is 11.6 Å². The van der Waals surface area contributed by atoms with Crippen LogP contribution in [0.15, 0.2) is 5.38 Å². The summed E-state index contributed by atoms with van der Waals surface area (Å²) in [5.74, 6) is 0.261. The van der Waals surface area contributed by atoms with Crippen LogP contribution in [0.2, 0.25) is 5.02 Å². The normalized spacial score (nSPS) is 17.2. The molecule has 0 aromatic carbocycles. The summed E-state index contributed by atoms with van der Waals surface area (Å²) < 4.78 is 24.7. The Labute approximate surface area is 134 Å². The number of thiophene rings is 1. The summed E-state index contributed by atoms with van der Waals surface area (Å²) in [6, 6.07) is 0. The Hall–Kier alpha value is -0.630. The fourth-order valence-corrected chi connectivity index (χ4v) is 4.11. The van der Waals surface area contributed by atoms with Crippen molar-refractivity contribution in [3.05, 3.63) is 20.8 Å². The van der Waals surface area contributed by atoms with E-state index in [1.54, 1.807) is 4.90 Å². The highest BCUT2D eigenvalue weighted by atomic mass is 35.5. The second kappa shape index (κ2) is 6.64. The smallest absolute Gasteiger partial charge is 0.265 e.